The minimum absolute atomic E-state index is 0.626. The number of anilines is 1. The van der Waals surface area contributed by atoms with Gasteiger partial charge < -0.3 is 5.32 Å². The minimum atomic E-state index is 0.626. The number of nitrogens with one attached hydrogen (secondary N) is 1. The van der Waals surface area contributed by atoms with E-state index in [2.05, 4.69) is 16.4 Å². The van der Waals surface area contributed by atoms with E-state index in [4.69, 9.17) is 5.26 Å². The number of aromatic nitrogens is 1. The average Bonchev–Trinajstić information content (AvgIpc) is 2.37. The largest absolute Gasteiger partial charge is 0.378 e. The maximum Gasteiger partial charge on any atom is 0.101 e. The van der Waals surface area contributed by atoms with Gasteiger partial charge in [-0.15, -0.1) is 0 Å². The lowest BCUT2D eigenvalue weighted by Crippen LogP contribution is -2.05. The fourth-order valence-corrected chi connectivity index (χ4v) is 1.87. The molecule has 18 heavy (non-hydrogen) atoms. The van der Waals surface area contributed by atoms with Gasteiger partial charge in [0.05, 0.1) is 23.5 Å². The summed E-state index contributed by atoms with van der Waals surface area (Å²) in [5.74, 6) is 0. The Hall–Kier alpha value is -2.34. The Labute approximate surface area is 107 Å². The first-order chi connectivity index (χ1) is 8.70. The number of hydrogen-bond acceptors (Lipinski definition) is 3. The molecule has 0 unspecified atom stereocenters. The number of para-hydroxylation sites is 1. The molecule has 1 heterocycles. The molecule has 0 amide bonds. The van der Waals surface area contributed by atoms with Crippen LogP contribution in [0, 0.1) is 25.2 Å². The van der Waals surface area contributed by atoms with Crippen LogP contribution in [-0.2, 0) is 6.54 Å². The van der Waals surface area contributed by atoms with Gasteiger partial charge in [0.25, 0.3) is 0 Å². The number of benzene rings is 1. The van der Waals surface area contributed by atoms with Crippen LogP contribution in [0.3, 0.4) is 0 Å². The molecule has 0 aliphatic carbocycles. The van der Waals surface area contributed by atoms with E-state index in [1.807, 2.05) is 50.2 Å². The maximum atomic E-state index is 9.08. The number of pyridine rings is 1. The van der Waals surface area contributed by atoms with E-state index in [1.54, 1.807) is 0 Å². The van der Waals surface area contributed by atoms with Gasteiger partial charge in [-0.1, -0.05) is 18.2 Å². The van der Waals surface area contributed by atoms with Crippen LogP contribution >= 0.6 is 0 Å². The Morgan fingerprint density at radius 3 is 2.67 bits per heavy atom. The van der Waals surface area contributed by atoms with Gasteiger partial charge in [0.1, 0.15) is 6.07 Å². The van der Waals surface area contributed by atoms with Gasteiger partial charge in [0, 0.05) is 5.69 Å². The number of rotatable bonds is 3. The quantitative estimate of drug-likeness (QED) is 0.891. The highest BCUT2D eigenvalue weighted by Crippen LogP contribution is 2.20. The predicted molar refractivity (Wildman–Crippen MR) is 72.2 cm³/mol. The van der Waals surface area contributed by atoms with E-state index in [0.29, 0.717) is 12.1 Å². The summed E-state index contributed by atoms with van der Waals surface area (Å²) in [4.78, 5) is 4.43. The molecule has 2 aromatic rings. The van der Waals surface area contributed by atoms with E-state index < -0.39 is 0 Å². The summed E-state index contributed by atoms with van der Waals surface area (Å²) >= 11 is 0. The second-order valence-corrected chi connectivity index (χ2v) is 4.23. The summed E-state index contributed by atoms with van der Waals surface area (Å²) in [5.41, 5.74) is 4.61. The minimum Gasteiger partial charge on any atom is -0.378 e. The number of hydrogen-bond donors (Lipinski definition) is 1. The van der Waals surface area contributed by atoms with Crippen molar-refractivity contribution >= 4 is 5.69 Å². The van der Waals surface area contributed by atoms with Crippen LogP contribution in [0.25, 0.3) is 0 Å². The maximum absolute atomic E-state index is 9.08. The Kier molecular flexibility index (Phi) is 3.59. The van der Waals surface area contributed by atoms with E-state index in [-0.39, 0.29) is 0 Å². The summed E-state index contributed by atoms with van der Waals surface area (Å²) in [5, 5.41) is 12.4. The van der Waals surface area contributed by atoms with Crippen LogP contribution < -0.4 is 5.32 Å². The molecule has 0 fully saturated rings. The van der Waals surface area contributed by atoms with Gasteiger partial charge in [-0.25, -0.2) is 0 Å². The van der Waals surface area contributed by atoms with Crippen LogP contribution in [0.1, 0.15) is 22.5 Å². The van der Waals surface area contributed by atoms with Gasteiger partial charge in [-0.3, -0.25) is 4.98 Å². The van der Waals surface area contributed by atoms with E-state index in [1.165, 1.54) is 0 Å². The van der Waals surface area contributed by atoms with E-state index >= 15 is 0 Å². The molecule has 1 aromatic heterocycles. The fourth-order valence-electron chi connectivity index (χ4n) is 1.87. The molecule has 1 N–H and O–H groups in total. The van der Waals surface area contributed by atoms with Gasteiger partial charge in [0.15, 0.2) is 0 Å². The van der Waals surface area contributed by atoms with Crippen LogP contribution in [0.5, 0.6) is 0 Å². The van der Waals surface area contributed by atoms with Crippen molar-refractivity contribution in [1.82, 2.24) is 4.98 Å². The second-order valence-electron chi connectivity index (χ2n) is 4.23. The van der Waals surface area contributed by atoms with Crippen molar-refractivity contribution in [2.45, 2.75) is 20.4 Å². The summed E-state index contributed by atoms with van der Waals surface area (Å²) in [7, 11) is 0. The van der Waals surface area contributed by atoms with Crippen molar-refractivity contribution in [3.05, 3.63) is 58.9 Å². The number of aryl methyl sites for hydroxylation is 2. The molecule has 0 saturated carbocycles. The Morgan fingerprint density at radius 2 is 1.94 bits per heavy atom. The highest BCUT2D eigenvalue weighted by Gasteiger charge is 2.04. The van der Waals surface area contributed by atoms with Gasteiger partial charge >= 0.3 is 0 Å². The van der Waals surface area contributed by atoms with E-state index in [0.717, 1.165) is 22.6 Å². The number of nitrogens with zero attached hydrogens (tertiary/aromatic N) is 2. The van der Waals surface area contributed by atoms with Gasteiger partial charge in [-0.2, -0.15) is 5.26 Å². The third-order valence-corrected chi connectivity index (χ3v) is 2.79. The van der Waals surface area contributed by atoms with Crippen molar-refractivity contribution in [1.29, 1.82) is 5.26 Å². The molecular weight excluding hydrogens is 222 g/mol. The Morgan fingerprint density at radius 1 is 1.17 bits per heavy atom. The zero-order valence-electron chi connectivity index (χ0n) is 10.6. The topological polar surface area (TPSA) is 48.7 Å². The Balaban J connectivity index is 2.18. The number of nitriles is 1. The molecule has 0 radical (unpaired) electrons. The van der Waals surface area contributed by atoms with Crippen molar-refractivity contribution in [3.8, 4) is 6.07 Å². The highest BCUT2D eigenvalue weighted by molar-refractivity contribution is 5.62. The monoisotopic (exact) mass is 237 g/mol. The molecule has 0 bridgehead atoms. The molecule has 0 aliphatic rings. The lowest BCUT2D eigenvalue weighted by Gasteiger charge is -2.11. The van der Waals surface area contributed by atoms with Gasteiger partial charge in [0.2, 0.25) is 0 Å². The first kappa shape index (κ1) is 12.1. The van der Waals surface area contributed by atoms with Crippen LogP contribution in [-0.4, -0.2) is 4.98 Å². The summed E-state index contributed by atoms with van der Waals surface area (Å²) in [6.07, 6.45) is 0. The van der Waals surface area contributed by atoms with Crippen LogP contribution in [0.4, 0.5) is 5.69 Å². The average molecular weight is 237 g/mol. The normalized spacial score (nSPS) is 9.83. The first-order valence-corrected chi connectivity index (χ1v) is 5.87. The standard InChI is InChI=1S/C15H15N3/c1-11-5-3-7-13(9-16)15(11)17-10-14-8-4-6-12(2)18-14/h3-8,17H,10H2,1-2H3. The van der Waals surface area contributed by atoms with E-state index in [9.17, 15) is 0 Å². The molecule has 3 nitrogen and oxygen atoms in total. The van der Waals surface area contributed by atoms with Crippen LogP contribution in [0.15, 0.2) is 36.4 Å². The molecule has 0 atom stereocenters. The lowest BCUT2D eigenvalue weighted by atomic mass is 10.1. The molecule has 0 aliphatic heterocycles. The molecule has 2 rings (SSSR count). The van der Waals surface area contributed by atoms with Crippen molar-refractivity contribution in [2.24, 2.45) is 0 Å². The molecule has 0 saturated heterocycles. The van der Waals surface area contributed by atoms with Crippen molar-refractivity contribution in [2.75, 3.05) is 5.32 Å². The molecule has 0 spiro atoms. The summed E-state index contributed by atoms with van der Waals surface area (Å²) < 4.78 is 0. The third-order valence-electron chi connectivity index (χ3n) is 2.79. The fraction of sp³-hybridized carbons (Fsp3) is 0.200. The smallest absolute Gasteiger partial charge is 0.101 e. The zero-order valence-corrected chi connectivity index (χ0v) is 10.6. The molecular formula is C15H15N3. The molecule has 90 valence electrons. The zero-order chi connectivity index (χ0) is 13.0. The first-order valence-electron chi connectivity index (χ1n) is 5.87. The lowest BCUT2D eigenvalue weighted by molar-refractivity contribution is 1.01. The SMILES string of the molecule is Cc1cccc(CNc2c(C)cccc2C#N)n1. The highest BCUT2D eigenvalue weighted by atomic mass is 14.9. The second kappa shape index (κ2) is 5.33. The summed E-state index contributed by atoms with van der Waals surface area (Å²) in [6.45, 7) is 4.59. The molecule has 3 heteroatoms. The summed E-state index contributed by atoms with van der Waals surface area (Å²) in [6, 6.07) is 13.8. The van der Waals surface area contributed by atoms with Gasteiger partial charge in [-0.05, 0) is 37.6 Å². The Bertz CT molecular complexity index is 597. The molecule has 1 aromatic carbocycles. The predicted octanol–water partition coefficient (Wildman–Crippen LogP) is 3.18. The van der Waals surface area contributed by atoms with Crippen molar-refractivity contribution in [3.63, 3.8) is 0 Å². The van der Waals surface area contributed by atoms with Crippen LogP contribution in [0.2, 0.25) is 0 Å². The third kappa shape index (κ3) is 2.67. The van der Waals surface area contributed by atoms with Crippen molar-refractivity contribution < 1.29 is 0 Å².